The van der Waals surface area contributed by atoms with Gasteiger partial charge in [0.25, 0.3) is 5.91 Å². The fourth-order valence-electron chi connectivity index (χ4n) is 1.70. The van der Waals surface area contributed by atoms with Gasteiger partial charge in [0, 0.05) is 14.2 Å². The SMILES string of the molecule is COCC(C)N(C)C(=O)c1cc(C)ccc1NN. The number of nitrogens with zero attached hydrogens (tertiary/aromatic N) is 1. The quantitative estimate of drug-likeness (QED) is 0.613. The van der Waals surface area contributed by atoms with Crippen LogP contribution < -0.4 is 11.3 Å². The van der Waals surface area contributed by atoms with Crippen LogP contribution in [0.5, 0.6) is 0 Å². The second-order valence-corrected chi connectivity index (χ2v) is 4.41. The zero-order chi connectivity index (χ0) is 13.7. The van der Waals surface area contributed by atoms with Gasteiger partial charge in [-0.2, -0.15) is 0 Å². The number of nitrogen functional groups attached to an aromatic ring is 1. The first-order chi connectivity index (χ1) is 8.51. The zero-order valence-corrected chi connectivity index (χ0v) is 11.4. The number of carbonyl (C=O) groups is 1. The van der Waals surface area contributed by atoms with Gasteiger partial charge in [-0.25, -0.2) is 0 Å². The van der Waals surface area contributed by atoms with E-state index < -0.39 is 0 Å². The van der Waals surface area contributed by atoms with Crippen LogP contribution in [0.1, 0.15) is 22.8 Å². The van der Waals surface area contributed by atoms with E-state index in [-0.39, 0.29) is 11.9 Å². The van der Waals surface area contributed by atoms with E-state index in [1.165, 1.54) is 0 Å². The summed E-state index contributed by atoms with van der Waals surface area (Å²) in [6.07, 6.45) is 0. The Labute approximate surface area is 108 Å². The molecule has 0 heterocycles. The van der Waals surface area contributed by atoms with Crippen molar-refractivity contribution in [2.45, 2.75) is 19.9 Å². The summed E-state index contributed by atoms with van der Waals surface area (Å²) in [4.78, 5) is 14.0. The van der Waals surface area contributed by atoms with Crippen LogP contribution in [0.25, 0.3) is 0 Å². The normalized spacial score (nSPS) is 12.1. The number of hydrogen-bond donors (Lipinski definition) is 2. The highest BCUT2D eigenvalue weighted by molar-refractivity contribution is 5.99. The van der Waals surface area contributed by atoms with Crippen LogP contribution >= 0.6 is 0 Å². The molecule has 0 fully saturated rings. The number of likely N-dealkylation sites (N-methyl/N-ethyl adjacent to an activating group) is 1. The van der Waals surface area contributed by atoms with Gasteiger partial charge in [0.15, 0.2) is 0 Å². The van der Waals surface area contributed by atoms with Crippen molar-refractivity contribution in [3.05, 3.63) is 29.3 Å². The molecule has 0 spiro atoms. The van der Waals surface area contributed by atoms with Crippen molar-refractivity contribution in [2.24, 2.45) is 5.84 Å². The Hall–Kier alpha value is -1.59. The van der Waals surface area contributed by atoms with Crippen molar-refractivity contribution in [3.63, 3.8) is 0 Å². The Morgan fingerprint density at radius 2 is 2.22 bits per heavy atom. The van der Waals surface area contributed by atoms with Crippen molar-refractivity contribution < 1.29 is 9.53 Å². The monoisotopic (exact) mass is 251 g/mol. The molecule has 5 heteroatoms. The van der Waals surface area contributed by atoms with E-state index in [2.05, 4.69) is 5.43 Å². The average Bonchev–Trinajstić information content (AvgIpc) is 2.37. The fraction of sp³-hybridized carbons (Fsp3) is 0.462. The lowest BCUT2D eigenvalue weighted by atomic mass is 10.1. The molecule has 0 aromatic heterocycles. The molecule has 0 bridgehead atoms. The minimum Gasteiger partial charge on any atom is -0.383 e. The number of benzene rings is 1. The largest absolute Gasteiger partial charge is 0.383 e. The number of methoxy groups -OCH3 is 1. The molecule has 0 aliphatic carbocycles. The zero-order valence-electron chi connectivity index (χ0n) is 11.4. The maximum atomic E-state index is 12.4. The van der Waals surface area contributed by atoms with Crippen molar-refractivity contribution in [1.82, 2.24) is 4.90 Å². The standard InChI is InChI=1S/C13H21N3O2/c1-9-5-6-12(15-14)11(7-9)13(17)16(3)10(2)8-18-4/h5-7,10,15H,8,14H2,1-4H3. The van der Waals surface area contributed by atoms with E-state index >= 15 is 0 Å². The third-order valence-corrected chi connectivity index (χ3v) is 2.95. The molecule has 0 saturated carbocycles. The lowest BCUT2D eigenvalue weighted by molar-refractivity contribution is 0.0634. The number of nitrogens with two attached hydrogens (primary N) is 1. The number of carbonyl (C=O) groups excluding carboxylic acids is 1. The smallest absolute Gasteiger partial charge is 0.256 e. The maximum absolute atomic E-state index is 12.4. The number of aryl methyl sites for hydroxylation is 1. The number of nitrogens with one attached hydrogen (secondary N) is 1. The Morgan fingerprint density at radius 1 is 1.56 bits per heavy atom. The fourth-order valence-corrected chi connectivity index (χ4v) is 1.70. The van der Waals surface area contributed by atoms with Crippen LogP contribution in [0, 0.1) is 6.92 Å². The molecule has 1 rings (SSSR count). The first kappa shape index (κ1) is 14.5. The summed E-state index contributed by atoms with van der Waals surface area (Å²) in [7, 11) is 3.38. The molecule has 1 atom stereocenters. The predicted molar refractivity (Wildman–Crippen MR) is 72.4 cm³/mol. The highest BCUT2D eigenvalue weighted by atomic mass is 16.5. The van der Waals surface area contributed by atoms with E-state index in [1.807, 2.05) is 26.0 Å². The van der Waals surface area contributed by atoms with Crippen molar-refractivity contribution in [1.29, 1.82) is 0 Å². The Morgan fingerprint density at radius 3 is 2.78 bits per heavy atom. The Kier molecular flexibility index (Phi) is 5.12. The van der Waals surface area contributed by atoms with Crippen LogP contribution in [0.4, 0.5) is 5.69 Å². The van der Waals surface area contributed by atoms with Gasteiger partial charge < -0.3 is 15.1 Å². The van der Waals surface area contributed by atoms with Gasteiger partial charge in [-0.3, -0.25) is 10.6 Å². The molecule has 1 aromatic rings. The van der Waals surface area contributed by atoms with E-state index in [1.54, 1.807) is 25.1 Å². The second-order valence-electron chi connectivity index (χ2n) is 4.41. The first-order valence-electron chi connectivity index (χ1n) is 5.84. The van der Waals surface area contributed by atoms with Crippen molar-refractivity contribution in [3.8, 4) is 0 Å². The van der Waals surface area contributed by atoms with Crippen LogP contribution in [0.15, 0.2) is 18.2 Å². The van der Waals surface area contributed by atoms with Crippen LogP contribution in [-0.2, 0) is 4.74 Å². The number of hydrogen-bond acceptors (Lipinski definition) is 4. The molecule has 3 N–H and O–H groups in total. The first-order valence-corrected chi connectivity index (χ1v) is 5.84. The molecule has 0 aliphatic heterocycles. The minimum atomic E-state index is -0.0730. The lowest BCUT2D eigenvalue weighted by Crippen LogP contribution is -2.38. The Bertz CT molecular complexity index is 421. The molecule has 0 radical (unpaired) electrons. The van der Waals surface area contributed by atoms with Gasteiger partial charge in [-0.05, 0) is 26.0 Å². The average molecular weight is 251 g/mol. The van der Waals surface area contributed by atoms with E-state index in [0.717, 1.165) is 5.56 Å². The van der Waals surface area contributed by atoms with Gasteiger partial charge in [0.05, 0.1) is 23.9 Å². The van der Waals surface area contributed by atoms with Crippen LogP contribution in [0.3, 0.4) is 0 Å². The molecule has 100 valence electrons. The number of anilines is 1. The summed E-state index contributed by atoms with van der Waals surface area (Å²) in [6, 6.07) is 5.55. The summed E-state index contributed by atoms with van der Waals surface area (Å²) in [5.74, 6) is 5.36. The summed E-state index contributed by atoms with van der Waals surface area (Å²) in [5.41, 5.74) is 4.77. The molecule has 0 saturated heterocycles. The second kappa shape index (κ2) is 6.37. The van der Waals surface area contributed by atoms with Crippen LogP contribution in [0.2, 0.25) is 0 Å². The third-order valence-electron chi connectivity index (χ3n) is 2.95. The van der Waals surface area contributed by atoms with E-state index in [0.29, 0.717) is 17.9 Å². The number of rotatable bonds is 5. The summed E-state index contributed by atoms with van der Waals surface area (Å²) < 4.78 is 5.06. The Balaban J connectivity index is 2.98. The maximum Gasteiger partial charge on any atom is 0.256 e. The molecule has 1 aromatic carbocycles. The highest BCUT2D eigenvalue weighted by Gasteiger charge is 2.20. The lowest BCUT2D eigenvalue weighted by Gasteiger charge is -2.25. The number of hydrazine groups is 1. The number of ether oxygens (including phenoxy) is 1. The summed E-state index contributed by atoms with van der Waals surface area (Å²) >= 11 is 0. The van der Waals surface area contributed by atoms with Gasteiger partial charge in [0.2, 0.25) is 0 Å². The predicted octanol–water partition coefficient (Wildman–Crippen LogP) is 1.39. The van der Waals surface area contributed by atoms with Crippen molar-refractivity contribution >= 4 is 11.6 Å². The molecule has 1 unspecified atom stereocenters. The number of amides is 1. The van der Waals surface area contributed by atoms with E-state index in [9.17, 15) is 4.79 Å². The molecule has 1 amide bonds. The summed E-state index contributed by atoms with van der Waals surface area (Å²) in [6.45, 7) is 4.38. The van der Waals surface area contributed by atoms with Gasteiger partial charge in [0.1, 0.15) is 0 Å². The van der Waals surface area contributed by atoms with E-state index in [4.69, 9.17) is 10.6 Å². The van der Waals surface area contributed by atoms with Crippen molar-refractivity contribution in [2.75, 3.05) is 26.2 Å². The summed E-state index contributed by atoms with van der Waals surface area (Å²) in [5, 5.41) is 0. The minimum absolute atomic E-state index is 0.00800. The van der Waals surface area contributed by atoms with Gasteiger partial charge >= 0.3 is 0 Å². The molecular weight excluding hydrogens is 230 g/mol. The molecule has 5 nitrogen and oxygen atoms in total. The highest BCUT2D eigenvalue weighted by Crippen LogP contribution is 2.18. The van der Waals surface area contributed by atoms with Gasteiger partial charge in [-0.15, -0.1) is 0 Å². The molecule has 18 heavy (non-hydrogen) atoms. The third kappa shape index (κ3) is 3.21. The topological polar surface area (TPSA) is 67.6 Å². The molecule has 0 aliphatic rings. The van der Waals surface area contributed by atoms with Gasteiger partial charge in [-0.1, -0.05) is 11.6 Å². The van der Waals surface area contributed by atoms with Crippen LogP contribution in [-0.4, -0.2) is 37.6 Å². The molecular formula is C13H21N3O2.